The van der Waals surface area contributed by atoms with E-state index in [1.807, 2.05) is 20.8 Å². The molecule has 0 fully saturated rings. The Hall–Kier alpha value is -1.32. The Balaban J connectivity index is 2.70. The van der Waals surface area contributed by atoms with E-state index in [1.54, 1.807) is 0 Å². The molecule has 0 aliphatic heterocycles. The van der Waals surface area contributed by atoms with Gasteiger partial charge in [0.05, 0.1) is 6.61 Å². The Morgan fingerprint density at radius 3 is 2.69 bits per heavy atom. The van der Waals surface area contributed by atoms with Gasteiger partial charge in [-0.25, -0.2) is 9.78 Å². The van der Waals surface area contributed by atoms with Crippen LogP contribution < -0.4 is 0 Å². The van der Waals surface area contributed by atoms with Crippen LogP contribution >= 0.6 is 0 Å². The summed E-state index contributed by atoms with van der Waals surface area (Å²) in [6.45, 7) is 6.02. The van der Waals surface area contributed by atoms with Crippen LogP contribution in [0.3, 0.4) is 0 Å². The lowest BCUT2D eigenvalue weighted by Gasteiger charge is -1.99. The highest BCUT2D eigenvalue weighted by molar-refractivity contribution is 5.88. The van der Waals surface area contributed by atoms with Crippen LogP contribution in [0.1, 0.15) is 35.4 Å². The van der Waals surface area contributed by atoms with Gasteiger partial charge in [0.25, 0.3) is 0 Å². The smallest absolute Gasteiger partial charge is 0.358 e. The molecule has 0 saturated carbocycles. The Morgan fingerprint density at radius 1 is 1.54 bits per heavy atom. The first-order chi connectivity index (χ1) is 6.15. The lowest BCUT2D eigenvalue weighted by atomic mass is 10.3. The SMILES string of the molecule is CCCOC(=O)c1nc(C)[nH]c1C. The van der Waals surface area contributed by atoms with Gasteiger partial charge in [-0.05, 0) is 20.3 Å². The second-order valence-electron chi connectivity index (χ2n) is 2.93. The first kappa shape index (κ1) is 9.77. The van der Waals surface area contributed by atoms with Gasteiger partial charge in [-0.2, -0.15) is 0 Å². The van der Waals surface area contributed by atoms with Crippen molar-refractivity contribution in [2.75, 3.05) is 6.61 Å². The van der Waals surface area contributed by atoms with E-state index in [2.05, 4.69) is 9.97 Å². The number of imidazole rings is 1. The minimum absolute atomic E-state index is 0.344. The number of carbonyl (C=O) groups is 1. The summed E-state index contributed by atoms with van der Waals surface area (Å²) in [5.41, 5.74) is 1.16. The van der Waals surface area contributed by atoms with Crippen molar-refractivity contribution in [2.45, 2.75) is 27.2 Å². The van der Waals surface area contributed by atoms with Crippen molar-refractivity contribution in [1.29, 1.82) is 0 Å². The van der Waals surface area contributed by atoms with Gasteiger partial charge in [-0.1, -0.05) is 6.92 Å². The minimum atomic E-state index is -0.344. The molecule has 1 rings (SSSR count). The molecule has 0 aromatic carbocycles. The number of hydrogen-bond acceptors (Lipinski definition) is 3. The maximum Gasteiger partial charge on any atom is 0.358 e. The second kappa shape index (κ2) is 4.07. The zero-order chi connectivity index (χ0) is 9.84. The molecule has 0 atom stereocenters. The Bertz CT molecular complexity index is 305. The summed E-state index contributed by atoms with van der Waals surface area (Å²) in [4.78, 5) is 18.3. The number of H-pyrrole nitrogens is 1. The highest BCUT2D eigenvalue weighted by Gasteiger charge is 2.13. The molecule has 4 nitrogen and oxygen atoms in total. The Labute approximate surface area is 77.3 Å². The van der Waals surface area contributed by atoms with Crippen LogP contribution in [0.25, 0.3) is 0 Å². The van der Waals surface area contributed by atoms with E-state index in [0.717, 1.165) is 17.9 Å². The van der Waals surface area contributed by atoms with Gasteiger partial charge in [-0.3, -0.25) is 0 Å². The predicted octanol–water partition coefficient (Wildman–Crippen LogP) is 1.59. The van der Waals surface area contributed by atoms with Crippen LogP contribution in [-0.2, 0) is 4.74 Å². The maximum absolute atomic E-state index is 11.3. The van der Waals surface area contributed by atoms with E-state index in [0.29, 0.717) is 12.3 Å². The molecule has 4 heteroatoms. The molecule has 0 aliphatic rings. The number of esters is 1. The lowest BCUT2D eigenvalue weighted by molar-refractivity contribution is 0.0498. The summed E-state index contributed by atoms with van der Waals surface area (Å²) in [7, 11) is 0. The third kappa shape index (κ3) is 2.31. The maximum atomic E-state index is 11.3. The lowest BCUT2D eigenvalue weighted by Crippen LogP contribution is -2.07. The molecule has 0 aliphatic carbocycles. The van der Waals surface area contributed by atoms with E-state index >= 15 is 0 Å². The van der Waals surface area contributed by atoms with Crippen molar-refractivity contribution in [1.82, 2.24) is 9.97 Å². The second-order valence-corrected chi connectivity index (χ2v) is 2.93. The molecule has 1 heterocycles. The van der Waals surface area contributed by atoms with Crippen LogP contribution in [0, 0.1) is 13.8 Å². The van der Waals surface area contributed by atoms with Crippen LogP contribution in [0.4, 0.5) is 0 Å². The van der Waals surface area contributed by atoms with Gasteiger partial charge < -0.3 is 9.72 Å². The summed E-state index contributed by atoms with van der Waals surface area (Å²) in [6.07, 6.45) is 0.828. The zero-order valence-corrected chi connectivity index (χ0v) is 8.18. The van der Waals surface area contributed by atoms with Crippen LogP contribution in [0.5, 0.6) is 0 Å². The molecule has 0 bridgehead atoms. The molecule has 1 aromatic rings. The largest absolute Gasteiger partial charge is 0.461 e. The molecule has 1 N–H and O–H groups in total. The molecule has 1 aromatic heterocycles. The van der Waals surface area contributed by atoms with Crippen molar-refractivity contribution >= 4 is 5.97 Å². The monoisotopic (exact) mass is 182 g/mol. The molecular formula is C9H14N2O2. The summed E-state index contributed by atoms with van der Waals surface area (Å²) >= 11 is 0. The van der Waals surface area contributed by atoms with E-state index in [4.69, 9.17) is 4.74 Å². The number of nitrogens with zero attached hydrogens (tertiary/aromatic N) is 1. The van der Waals surface area contributed by atoms with Crippen molar-refractivity contribution in [3.8, 4) is 0 Å². The number of rotatable bonds is 3. The number of carbonyl (C=O) groups excluding carboxylic acids is 1. The first-order valence-corrected chi connectivity index (χ1v) is 4.35. The fraction of sp³-hybridized carbons (Fsp3) is 0.556. The quantitative estimate of drug-likeness (QED) is 0.722. The van der Waals surface area contributed by atoms with Gasteiger partial charge in [0.1, 0.15) is 5.82 Å². The van der Waals surface area contributed by atoms with Crippen LogP contribution in [-0.4, -0.2) is 22.5 Å². The van der Waals surface area contributed by atoms with E-state index in [1.165, 1.54) is 0 Å². The van der Waals surface area contributed by atoms with Crippen LogP contribution in [0.15, 0.2) is 0 Å². The number of ether oxygens (including phenoxy) is 1. The van der Waals surface area contributed by atoms with Crippen molar-refractivity contribution in [2.24, 2.45) is 0 Å². The van der Waals surface area contributed by atoms with Gasteiger partial charge in [0.2, 0.25) is 0 Å². The highest BCUT2D eigenvalue weighted by atomic mass is 16.5. The van der Waals surface area contributed by atoms with Gasteiger partial charge in [0.15, 0.2) is 5.69 Å². The number of aromatic nitrogens is 2. The predicted molar refractivity (Wildman–Crippen MR) is 48.6 cm³/mol. The van der Waals surface area contributed by atoms with E-state index in [-0.39, 0.29) is 5.97 Å². The highest BCUT2D eigenvalue weighted by Crippen LogP contribution is 2.05. The van der Waals surface area contributed by atoms with E-state index < -0.39 is 0 Å². The normalized spacial score (nSPS) is 10.1. The Morgan fingerprint density at radius 2 is 2.23 bits per heavy atom. The molecule has 13 heavy (non-hydrogen) atoms. The average molecular weight is 182 g/mol. The summed E-state index contributed by atoms with van der Waals surface area (Å²) < 4.78 is 4.95. The Kier molecular flexibility index (Phi) is 3.06. The summed E-state index contributed by atoms with van der Waals surface area (Å²) in [6, 6.07) is 0. The third-order valence-electron chi connectivity index (χ3n) is 1.63. The van der Waals surface area contributed by atoms with Gasteiger partial charge >= 0.3 is 5.97 Å². The molecule has 0 radical (unpaired) electrons. The first-order valence-electron chi connectivity index (χ1n) is 4.35. The molecule has 0 saturated heterocycles. The van der Waals surface area contributed by atoms with Gasteiger partial charge in [-0.15, -0.1) is 0 Å². The minimum Gasteiger partial charge on any atom is -0.461 e. The molecular weight excluding hydrogens is 168 g/mol. The van der Waals surface area contributed by atoms with E-state index in [9.17, 15) is 4.79 Å². The number of aromatic amines is 1. The molecule has 72 valence electrons. The number of hydrogen-bond donors (Lipinski definition) is 1. The topological polar surface area (TPSA) is 55.0 Å². The fourth-order valence-electron chi connectivity index (χ4n) is 1.07. The van der Waals surface area contributed by atoms with Gasteiger partial charge in [0, 0.05) is 5.69 Å². The molecule has 0 amide bonds. The standard InChI is InChI=1S/C9H14N2O2/c1-4-5-13-9(12)8-6(2)10-7(3)11-8/h4-5H2,1-3H3,(H,10,11). The third-order valence-corrected chi connectivity index (χ3v) is 1.63. The zero-order valence-electron chi connectivity index (χ0n) is 8.18. The molecule has 0 spiro atoms. The molecule has 0 unspecified atom stereocenters. The van der Waals surface area contributed by atoms with Crippen LogP contribution in [0.2, 0.25) is 0 Å². The summed E-state index contributed by atoms with van der Waals surface area (Å²) in [5.74, 6) is 0.393. The summed E-state index contributed by atoms with van der Waals surface area (Å²) in [5, 5.41) is 0. The van der Waals surface area contributed by atoms with Crippen molar-refractivity contribution in [3.05, 3.63) is 17.2 Å². The number of nitrogens with one attached hydrogen (secondary N) is 1. The number of aryl methyl sites for hydroxylation is 2. The fourth-order valence-corrected chi connectivity index (χ4v) is 1.07. The van der Waals surface area contributed by atoms with Crippen molar-refractivity contribution in [3.63, 3.8) is 0 Å². The van der Waals surface area contributed by atoms with Crippen molar-refractivity contribution < 1.29 is 9.53 Å². The average Bonchev–Trinajstić information content (AvgIpc) is 2.41.